The van der Waals surface area contributed by atoms with E-state index >= 15 is 0 Å². The van der Waals surface area contributed by atoms with Crippen LogP contribution in [-0.4, -0.2) is 12.9 Å². The van der Waals surface area contributed by atoms with Gasteiger partial charge >= 0.3 is 0 Å². The van der Waals surface area contributed by atoms with Crippen LogP contribution >= 0.6 is 0 Å². The zero-order valence-corrected chi connectivity index (χ0v) is 17.3. The highest BCUT2D eigenvalue weighted by molar-refractivity contribution is 5.74. The Bertz CT molecular complexity index is 976. The standard InChI is InChI=1S/C26H26F2O2/c1-18-8-9-21(15-19(18)2)16-22(26-24(27)6-3-7-25(26)28)5-4-14-30-23-12-10-20(17-29)11-13-23/h3,6-13,15,17,22H,4-5,14,16H2,1-2H3/t22-/m0/s1. The van der Waals surface area contributed by atoms with Crippen molar-refractivity contribution in [1.82, 2.24) is 0 Å². The second kappa shape index (κ2) is 10.1. The van der Waals surface area contributed by atoms with Gasteiger partial charge in [0, 0.05) is 11.1 Å². The minimum atomic E-state index is -0.505. The number of hydrogen-bond acceptors (Lipinski definition) is 2. The maximum atomic E-state index is 14.5. The first kappa shape index (κ1) is 21.7. The molecule has 0 aliphatic rings. The highest BCUT2D eigenvalue weighted by Crippen LogP contribution is 2.31. The third-order valence-electron chi connectivity index (χ3n) is 5.44. The average Bonchev–Trinajstić information content (AvgIpc) is 2.74. The molecule has 0 spiro atoms. The number of aldehydes is 1. The molecular weight excluding hydrogens is 382 g/mol. The molecule has 3 aromatic rings. The second-order valence-electron chi connectivity index (χ2n) is 7.63. The molecule has 2 nitrogen and oxygen atoms in total. The number of ether oxygens (including phenoxy) is 1. The monoisotopic (exact) mass is 408 g/mol. The summed E-state index contributed by atoms with van der Waals surface area (Å²) in [5, 5.41) is 0. The smallest absolute Gasteiger partial charge is 0.150 e. The number of benzene rings is 3. The summed E-state index contributed by atoms with van der Waals surface area (Å²) in [6, 6.07) is 17.1. The van der Waals surface area contributed by atoms with Crippen LogP contribution in [0.15, 0.2) is 60.7 Å². The van der Waals surface area contributed by atoms with Gasteiger partial charge in [-0.25, -0.2) is 8.78 Å². The molecule has 0 N–H and O–H groups in total. The van der Waals surface area contributed by atoms with Crippen LogP contribution in [0.4, 0.5) is 8.78 Å². The largest absolute Gasteiger partial charge is 0.494 e. The number of aryl methyl sites for hydroxylation is 2. The Labute approximate surface area is 176 Å². The summed E-state index contributed by atoms with van der Waals surface area (Å²) in [7, 11) is 0. The zero-order valence-electron chi connectivity index (χ0n) is 17.3. The Morgan fingerprint density at radius 1 is 0.933 bits per heavy atom. The van der Waals surface area contributed by atoms with Crippen molar-refractivity contribution in [3.8, 4) is 5.75 Å². The van der Waals surface area contributed by atoms with Gasteiger partial charge in [-0.3, -0.25) is 4.79 Å². The van der Waals surface area contributed by atoms with Crippen molar-refractivity contribution >= 4 is 6.29 Å². The fourth-order valence-electron chi connectivity index (χ4n) is 3.63. The molecule has 0 aliphatic carbocycles. The molecule has 0 amide bonds. The van der Waals surface area contributed by atoms with Crippen LogP contribution in [0.2, 0.25) is 0 Å². The van der Waals surface area contributed by atoms with Crippen molar-refractivity contribution in [2.75, 3.05) is 6.61 Å². The van der Waals surface area contributed by atoms with Crippen molar-refractivity contribution in [2.45, 2.75) is 39.0 Å². The Morgan fingerprint density at radius 3 is 2.27 bits per heavy atom. The van der Waals surface area contributed by atoms with E-state index in [2.05, 4.69) is 6.07 Å². The molecule has 156 valence electrons. The predicted molar refractivity (Wildman–Crippen MR) is 115 cm³/mol. The van der Waals surface area contributed by atoms with E-state index in [1.165, 1.54) is 29.3 Å². The fourth-order valence-corrected chi connectivity index (χ4v) is 3.63. The lowest BCUT2D eigenvalue weighted by Gasteiger charge is -2.20. The van der Waals surface area contributed by atoms with Crippen molar-refractivity contribution in [1.29, 1.82) is 0 Å². The number of carbonyl (C=O) groups excluding carboxylic acids is 1. The molecule has 3 rings (SSSR count). The van der Waals surface area contributed by atoms with Gasteiger partial charge in [0.2, 0.25) is 0 Å². The highest BCUT2D eigenvalue weighted by Gasteiger charge is 2.20. The Morgan fingerprint density at radius 2 is 1.63 bits per heavy atom. The van der Waals surface area contributed by atoms with Crippen molar-refractivity contribution in [3.05, 3.63) is 100 Å². The van der Waals surface area contributed by atoms with Crippen molar-refractivity contribution in [3.63, 3.8) is 0 Å². The van der Waals surface area contributed by atoms with Gasteiger partial charge in [-0.15, -0.1) is 0 Å². The summed E-state index contributed by atoms with van der Waals surface area (Å²) in [6.07, 6.45) is 2.59. The first-order chi connectivity index (χ1) is 14.5. The average molecular weight is 408 g/mol. The molecule has 0 saturated heterocycles. The first-order valence-corrected chi connectivity index (χ1v) is 10.2. The fraction of sp³-hybridized carbons (Fsp3) is 0.269. The topological polar surface area (TPSA) is 26.3 Å². The summed E-state index contributed by atoms with van der Waals surface area (Å²) >= 11 is 0. The van der Waals surface area contributed by atoms with Gasteiger partial charge < -0.3 is 4.74 Å². The lowest BCUT2D eigenvalue weighted by atomic mass is 9.87. The molecule has 1 atom stereocenters. The van der Waals surface area contributed by atoms with Gasteiger partial charge in [-0.1, -0.05) is 24.3 Å². The number of carbonyl (C=O) groups is 1. The van der Waals surface area contributed by atoms with Crippen LogP contribution in [-0.2, 0) is 6.42 Å². The van der Waals surface area contributed by atoms with E-state index in [0.29, 0.717) is 37.2 Å². The van der Waals surface area contributed by atoms with Gasteiger partial charge in [0.15, 0.2) is 0 Å². The Hall–Kier alpha value is -3.01. The summed E-state index contributed by atoms with van der Waals surface area (Å²) in [6.45, 7) is 4.52. The Balaban J connectivity index is 1.70. The number of hydrogen-bond donors (Lipinski definition) is 0. The lowest BCUT2D eigenvalue weighted by molar-refractivity contribution is 0.112. The van der Waals surface area contributed by atoms with E-state index in [-0.39, 0.29) is 11.5 Å². The van der Waals surface area contributed by atoms with Crippen LogP contribution in [0.1, 0.15) is 51.4 Å². The summed E-state index contributed by atoms with van der Waals surface area (Å²) < 4.78 is 34.7. The molecule has 3 aromatic carbocycles. The van der Waals surface area contributed by atoms with Gasteiger partial charge in [0.05, 0.1) is 6.61 Å². The van der Waals surface area contributed by atoms with Crippen molar-refractivity contribution < 1.29 is 18.3 Å². The van der Waals surface area contributed by atoms with Crippen LogP contribution in [0.5, 0.6) is 5.75 Å². The SMILES string of the molecule is Cc1ccc(C[C@H](CCCOc2ccc(C=O)cc2)c2c(F)cccc2F)cc1C. The molecule has 0 aromatic heterocycles. The molecule has 0 aliphatic heterocycles. The summed E-state index contributed by atoms with van der Waals surface area (Å²) in [5.74, 6) is -0.624. The molecule has 30 heavy (non-hydrogen) atoms. The van der Waals surface area contributed by atoms with Crippen LogP contribution < -0.4 is 4.74 Å². The van der Waals surface area contributed by atoms with E-state index in [9.17, 15) is 13.6 Å². The normalized spacial score (nSPS) is 11.9. The molecule has 0 fully saturated rings. The molecule has 0 saturated carbocycles. The van der Waals surface area contributed by atoms with E-state index in [4.69, 9.17) is 4.74 Å². The van der Waals surface area contributed by atoms with Gasteiger partial charge in [0.1, 0.15) is 23.7 Å². The van der Waals surface area contributed by atoms with Gasteiger partial charge in [-0.2, -0.15) is 0 Å². The molecule has 0 bridgehead atoms. The van der Waals surface area contributed by atoms with Crippen molar-refractivity contribution in [2.24, 2.45) is 0 Å². The van der Waals surface area contributed by atoms with Crippen LogP contribution in [0.25, 0.3) is 0 Å². The molecule has 0 heterocycles. The number of halogens is 2. The minimum Gasteiger partial charge on any atom is -0.494 e. The molecular formula is C26H26F2O2. The van der Waals surface area contributed by atoms with E-state index in [0.717, 1.165) is 11.8 Å². The predicted octanol–water partition coefficient (Wildman–Crippen LogP) is 6.58. The Kier molecular flexibility index (Phi) is 7.34. The quantitative estimate of drug-likeness (QED) is 0.295. The summed E-state index contributed by atoms with van der Waals surface area (Å²) in [5.41, 5.74) is 4.16. The molecule has 4 heteroatoms. The van der Waals surface area contributed by atoms with Crippen LogP contribution in [0, 0.1) is 25.5 Å². The van der Waals surface area contributed by atoms with Crippen LogP contribution in [0.3, 0.4) is 0 Å². The maximum Gasteiger partial charge on any atom is 0.150 e. The second-order valence-corrected chi connectivity index (χ2v) is 7.63. The van der Waals surface area contributed by atoms with E-state index < -0.39 is 11.6 Å². The van der Waals surface area contributed by atoms with Gasteiger partial charge in [0.25, 0.3) is 0 Å². The minimum absolute atomic E-state index is 0.145. The maximum absolute atomic E-state index is 14.5. The number of rotatable bonds is 9. The lowest BCUT2D eigenvalue weighted by Crippen LogP contribution is -2.10. The van der Waals surface area contributed by atoms with E-state index in [1.54, 1.807) is 24.3 Å². The van der Waals surface area contributed by atoms with Gasteiger partial charge in [-0.05, 0) is 92.1 Å². The first-order valence-electron chi connectivity index (χ1n) is 10.2. The third kappa shape index (κ3) is 5.53. The highest BCUT2D eigenvalue weighted by atomic mass is 19.1. The van der Waals surface area contributed by atoms with E-state index in [1.807, 2.05) is 26.0 Å². The third-order valence-corrected chi connectivity index (χ3v) is 5.44. The molecule has 0 radical (unpaired) electrons. The zero-order chi connectivity index (χ0) is 21.5. The molecule has 0 unspecified atom stereocenters. The summed E-state index contributed by atoms with van der Waals surface area (Å²) in [4.78, 5) is 10.7.